The Bertz CT molecular complexity index is 1190. The lowest BCUT2D eigenvalue weighted by atomic mass is 10.0. The average Bonchev–Trinajstić information content (AvgIpc) is 3.03. The van der Waals surface area contributed by atoms with E-state index < -0.39 is 11.8 Å². The first-order chi connectivity index (χ1) is 15.0. The van der Waals surface area contributed by atoms with Crippen LogP contribution in [0, 0.1) is 0 Å². The number of anilines is 2. The Labute approximate surface area is 184 Å². The lowest BCUT2D eigenvalue weighted by Gasteiger charge is -2.16. The summed E-state index contributed by atoms with van der Waals surface area (Å²) in [7, 11) is 3.12. The van der Waals surface area contributed by atoms with Crippen molar-refractivity contribution in [3.8, 4) is 11.5 Å². The molecule has 0 saturated carbocycles. The van der Waals surface area contributed by atoms with E-state index in [0.29, 0.717) is 33.5 Å². The van der Waals surface area contributed by atoms with Gasteiger partial charge in [0.05, 0.1) is 30.5 Å². The molecule has 2 amide bonds. The molecule has 0 saturated heterocycles. The Hall–Kier alpha value is -3.77. The van der Waals surface area contributed by atoms with E-state index in [1.165, 1.54) is 0 Å². The van der Waals surface area contributed by atoms with Gasteiger partial charge in [-0.15, -0.1) is 0 Å². The number of methoxy groups -OCH3 is 2. The van der Waals surface area contributed by atoms with Crippen molar-refractivity contribution in [1.29, 1.82) is 0 Å². The molecule has 0 unspecified atom stereocenters. The standard InChI is InChI=1S/C24H19ClN2O4/c1-30-17-12-10-15(11-13-17)21-22(26-16-6-5-7-18(14-16)31-2)24(29)27(23(21)28)20-9-4-3-8-19(20)25/h3-14,26H,1-2H3. The van der Waals surface area contributed by atoms with Crippen molar-refractivity contribution >= 4 is 40.4 Å². The third kappa shape index (κ3) is 3.85. The van der Waals surface area contributed by atoms with Gasteiger partial charge in [0.25, 0.3) is 11.8 Å². The quantitative estimate of drug-likeness (QED) is 0.567. The predicted molar refractivity (Wildman–Crippen MR) is 120 cm³/mol. The molecule has 0 radical (unpaired) electrons. The summed E-state index contributed by atoms with van der Waals surface area (Å²) in [4.78, 5) is 27.9. The fourth-order valence-corrected chi connectivity index (χ4v) is 3.59. The fourth-order valence-electron chi connectivity index (χ4n) is 3.37. The first-order valence-corrected chi connectivity index (χ1v) is 9.84. The topological polar surface area (TPSA) is 67.9 Å². The van der Waals surface area contributed by atoms with E-state index in [9.17, 15) is 9.59 Å². The minimum atomic E-state index is -0.494. The van der Waals surface area contributed by atoms with Gasteiger partial charge in [0, 0.05) is 11.8 Å². The number of imide groups is 1. The molecule has 3 aromatic carbocycles. The van der Waals surface area contributed by atoms with Gasteiger partial charge in [-0.25, -0.2) is 4.90 Å². The number of hydrogen-bond donors (Lipinski definition) is 1. The summed E-state index contributed by atoms with van der Waals surface area (Å²) in [5.74, 6) is 0.308. The Balaban J connectivity index is 1.83. The number of nitrogens with one attached hydrogen (secondary N) is 1. The van der Waals surface area contributed by atoms with Gasteiger partial charge in [0.1, 0.15) is 17.2 Å². The molecule has 6 nitrogen and oxygen atoms in total. The summed E-state index contributed by atoms with van der Waals surface area (Å²) < 4.78 is 10.5. The van der Waals surface area contributed by atoms with Crippen LogP contribution in [-0.4, -0.2) is 26.0 Å². The fraction of sp³-hybridized carbons (Fsp3) is 0.0833. The zero-order valence-corrected chi connectivity index (χ0v) is 17.6. The Morgan fingerprint density at radius 3 is 2.19 bits per heavy atom. The lowest BCUT2D eigenvalue weighted by Crippen LogP contribution is -2.32. The largest absolute Gasteiger partial charge is 0.497 e. The highest BCUT2D eigenvalue weighted by Crippen LogP contribution is 2.37. The summed E-state index contributed by atoms with van der Waals surface area (Å²) in [5.41, 5.74) is 1.92. The average molecular weight is 435 g/mol. The van der Waals surface area contributed by atoms with E-state index in [4.69, 9.17) is 21.1 Å². The van der Waals surface area contributed by atoms with E-state index in [1.54, 1.807) is 87.0 Å². The molecule has 1 heterocycles. The summed E-state index contributed by atoms with van der Waals surface area (Å²) in [6, 6.07) is 20.8. The minimum Gasteiger partial charge on any atom is -0.497 e. The number of carbonyl (C=O) groups is 2. The molecule has 0 aromatic heterocycles. The molecule has 3 aromatic rings. The smallest absolute Gasteiger partial charge is 0.282 e. The van der Waals surface area contributed by atoms with Gasteiger partial charge in [-0.1, -0.05) is 41.9 Å². The van der Waals surface area contributed by atoms with E-state index in [-0.39, 0.29) is 11.3 Å². The minimum absolute atomic E-state index is 0.156. The molecule has 0 atom stereocenters. The second-order valence-electron chi connectivity index (χ2n) is 6.73. The van der Waals surface area contributed by atoms with Gasteiger partial charge in [-0.2, -0.15) is 0 Å². The van der Waals surface area contributed by atoms with E-state index in [1.807, 2.05) is 0 Å². The van der Waals surface area contributed by atoms with Crippen LogP contribution >= 0.6 is 11.6 Å². The van der Waals surface area contributed by atoms with Crippen LogP contribution in [0.15, 0.2) is 78.5 Å². The first kappa shape index (κ1) is 20.5. The van der Waals surface area contributed by atoms with E-state index in [0.717, 1.165) is 4.90 Å². The van der Waals surface area contributed by atoms with Gasteiger partial charge in [-0.05, 0) is 42.0 Å². The molecule has 0 fully saturated rings. The monoisotopic (exact) mass is 434 g/mol. The third-order valence-electron chi connectivity index (χ3n) is 4.90. The van der Waals surface area contributed by atoms with Crippen molar-refractivity contribution in [3.05, 3.63) is 89.1 Å². The van der Waals surface area contributed by atoms with Gasteiger partial charge < -0.3 is 14.8 Å². The summed E-state index contributed by atoms with van der Waals surface area (Å²) in [6.07, 6.45) is 0. The number of carbonyl (C=O) groups excluding carboxylic acids is 2. The number of amides is 2. The van der Waals surface area contributed by atoms with Crippen molar-refractivity contribution in [2.45, 2.75) is 0 Å². The van der Waals surface area contributed by atoms with Crippen LogP contribution in [0.25, 0.3) is 5.57 Å². The maximum Gasteiger partial charge on any atom is 0.282 e. The van der Waals surface area contributed by atoms with E-state index in [2.05, 4.69) is 5.32 Å². The molecule has 1 aliphatic rings. The molecule has 31 heavy (non-hydrogen) atoms. The molecule has 1 N–H and O–H groups in total. The van der Waals surface area contributed by atoms with Crippen molar-refractivity contribution in [2.75, 3.05) is 24.4 Å². The van der Waals surface area contributed by atoms with Gasteiger partial charge in [0.2, 0.25) is 0 Å². The highest BCUT2D eigenvalue weighted by molar-refractivity contribution is 6.48. The van der Waals surface area contributed by atoms with Crippen molar-refractivity contribution in [1.82, 2.24) is 0 Å². The summed E-state index contributed by atoms with van der Waals surface area (Å²) >= 11 is 6.30. The third-order valence-corrected chi connectivity index (χ3v) is 5.21. The van der Waals surface area contributed by atoms with Gasteiger partial charge >= 0.3 is 0 Å². The number of rotatable bonds is 6. The Morgan fingerprint density at radius 1 is 0.806 bits per heavy atom. The number of benzene rings is 3. The van der Waals surface area contributed by atoms with Crippen LogP contribution in [0.1, 0.15) is 5.56 Å². The highest BCUT2D eigenvalue weighted by atomic mass is 35.5. The molecule has 156 valence electrons. The van der Waals surface area contributed by atoms with Crippen molar-refractivity contribution < 1.29 is 19.1 Å². The Morgan fingerprint density at radius 2 is 1.52 bits per heavy atom. The van der Waals surface area contributed by atoms with Gasteiger partial charge in [0.15, 0.2) is 0 Å². The zero-order valence-electron chi connectivity index (χ0n) is 16.9. The van der Waals surface area contributed by atoms with Crippen LogP contribution in [-0.2, 0) is 9.59 Å². The van der Waals surface area contributed by atoms with Crippen molar-refractivity contribution in [2.24, 2.45) is 0 Å². The molecular formula is C24H19ClN2O4. The summed E-state index contributed by atoms with van der Waals surface area (Å²) in [5, 5.41) is 3.41. The lowest BCUT2D eigenvalue weighted by molar-refractivity contribution is -0.120. The SMILES string of the molecule is COc1ccc(C2=C(Nc3cccc(OC)c3)C(=O)N(c3ccccc3Cl)C2=O)cc1. The van der Waals surface area contributed by atoms with Crippen LogP contribution in [0.2, 0.25) is 5.02 Å². The number of halogens is 1. The number of hydrogen-bond acceptors (Lipinski definition) is 5. The molecule has 7 heteroatoms. The molecular weight excluding hydrogens is 416 g/mol. The second kappa shape index (κ2) is 8.53. The predicted octanol–water partition coefficient (Wildman–Crippen LogP) is 4.75. The maximum atomic E-state index is 13.4. The molecule has 0 bridgehead atoms. The van der Waals surface area contributed by atoms with E-state index >= 15 is 0 Å². The normalized spacial score (nSPS) is 13.6. The van der Waals surface area contributed by atoms with Crippen LogP contribution in [0.4, 0.5) is 11.4 Å². The van der Waals surface area contributed by atoms with Crippen LogP contribution in [0.3, 0.4) is 0 Å². The molecule has 0 spiro atoms. The number of ether oxygens (including phenoxy) is 2. The maximum absolute atomic E-state index is 13.4. The van der Waals surface area contributed by atoms with Crippen LogP contribution < -0.4 is 19.7 Å². The van der Waals surface area contributed by atoms with Crippen molar-refractivity contribution in [3.63, 3.8) is 0 Å². The van der Waals surface area contributed by atoms with Crippen LogP contribution in [0.5, 0.6) is 11.5 Å². The molecule has 0 aliphatic carbocycles. The van der Waals surface area contributed by atoms with Gasteiger partial charge in [-0.3, -0.25) is 9.59 Å². The molecule has 1 aliphatic heterocycles. The Kier molecular flexibility index (Phi) is 5.64. The second-order valence-corrected chi connectivity index (χ2v) is 7.14. The summed E-state index contributed by atoms with van der Waals surface area (Å²) in [6.45, 7) is 0. The first-order valence-electron chi connectivity index (χ1n) is 9.46. The highest BCUT2D eigenvalue weighted by Gasteiger charge is 2.41. The number of para-hydroxylation sites is 1. The molecule has 4 rings (SSSR count). The number of nitrogens with zero attached hydrogens (tertiary/aromatic N) is 1. The zero-order chi connectivity index (χ0) is 22.0.